The molecule has 4 heteroatoms. The molecule has 2 aromatic rings. The van der Waals surface area contributed by atoms with Gasteiger partial charge in [0.2, 0.25) is 0 Å². The van der Waals surface area contributed by atoms with Gasteiger partial charge in [0.05, 0.1) is 10.2 Å². The first-order valence-corrected chi connectivity index (χ1v) is 7.54. The van der Waals surface area contributed by atoms with Gasteiger partial charge in [-0.25, -0.2) is 4.98 Å². The fourth-order valence-electron chi connectivity index (χ4n) is 2.70. The molecule has 18 heavy (non-hydrogen) atoms. The standard InChI is InChI=1S/C14H17ClN2S/c1-14(2)6-5-10(8-14)16-13-17-11-7-9(15)3-4-12(11)18-13/h3-4,7,10H,5-6,8H2,1-2H3,(H,16,17). The van der Waals surface area contributed by atoms with Gasteiger partial charge < -0.3 is 5.32 Å². The molecule has 1 aliphatic rings. The Morgan fingerprint density at radius 3 is 3.00 bits per heavy atom. The van der Waals surface area contributed by atoms with E-state index < -0.39 is 0 Å². The Balaban J connectivity index is 1.79. The Kier molecular flexibility index (Phi) is 2.99. The number of thiazole rings is 1. The first-order chi connectivity index (χ1) is 8.52. The minimum absolute atomic E-state index is 0.470. The van der Waals surface area contributed by atoms with E-state index in [0.29, 0.717) is 11.5 Å². The predicted molar refractivity (Wildman–Crippen MR) is 79.7 cm³/mol. The number of halogens is 1. The minimum Gasteiger partial charge on any atom is -0.359 e. The molecule has 96 valence electrons. The maximum atomic E-state index is 5.98. The van der Waals surface area contributed by atoms with Gasteiger partial charge in [0.1, 0.15) is 0 Å². The third-order valence-electron chi connectivity index (χ3n) is 3.65. The molecular weight excluding hydrogens is 264 g/mol. The van der Waals surface area contributed by atoms with Gasteiger partial charge in [0.25, 0.3) is 0 Å². The van der Waals surface area contributed by atoms with E-state index in [2.05, 4.69) is 24.1 Å². The molecule has 1 aromatic heterocycles. The zero-order valence-electron chi connectivity index (χ0n) is 10.7. The summed E-state index contributed by atoms with van der Waals surface area (Å²) >= 11 is 7.69. The van der Waals surface area contributed by atoms with Crippen LogP contribution in [0.2, 0.25) is 5.02 Å². The third kappa shape index (κ3) is 2.47. The van der Waals surface area contributed by atoms with Crippen molar-refractivity contribution >= 4 is 38.3 Å². The van der Waals surface area contributed by atoms with Crippen LogP contribution in [-0.2, 0) is 0 Å². The van der Waals surface area contributed by atoms with Crippen LogP contribution in [0.5, 0.6) is 0 Å². The molecule has 0 bridgehead atoms. The molecular formula is C14H17ClN2S. The number of nitrogens with one attached hydrogen (secondary N) is 1. The lowest BCUT2D eigenvalue weighted by molar-refractivity contribution is 0.378. The number of rotatable bonds is 2. The van der Waals surface area contributed by atoms with Gasteiger partial charge in [-0.3, -0.25) is 0 Å². The largest absolute Gasteiger partial charge is 0.359 e. The average Bonchev–Trinajstić information content (AvgIpc) is 2.81. The van der Waals surface area contributed by atoms with Gasteiger partial charge in [-0.05, 0) is 42.9 Å². The van der Waals surface area contributed by atoms with Gasteiger partial charge in [0.15, 0.2) is 5.13 Å². The third-order valence-corrected chi connectivity index (χ3v) is 4.85. The Morgan fingerprint density at radius 2 is 2.28 bits per heavy atom. The van der Waals surface area contributed by atoms with E-state index in [1.165, 1.54) is 24.0 Å². The number of nitrogens with zero attached hydrogens (tertiary/aromatic N) is 1. The van der Waals surface area contributed by atoms with Gasteiger partial charge in [0, 0.05) is 11.1 Å². The highest BCUT2D eigenvalue weighted by atomic mass is 35.5. The number of fused-ring (bicyclic) bond motifs is 1. The summed E-state index contributed by atoms with van der Waals surface area (Å²) in [6.45, 7) is 4.68. The van der Waals surface area contributed by atoms with E-state index in [-0.39, 0.29) is 0 Å². The fourth-order valence-corrected chi connectivity index (χ4v) is 3.79. The smallest absolute Gasteiger partial charge is 0.184 e. The molecule has 1 saturated carbocycles. The van der Waals surface area contributed by atoms with E-state index in [0.717, 1.165) is 15.7 Å². The topological polar surface area (TPSA) is 24.9 Å². The molecule has 0 spiro atoms. The van der Waals surface area contributed by atoms with Crippen LogP contribution < -0.4 is 5.32 Å². The molecule has 1 atom stereocenters. The number of hydrogen-bond acceptors (Lipinski definition) is 3. The SMILES string of the molecule is CC1(C)CCC(Nc2nc3cc(Cl)ccc3s2)C1. The Bertz CT molecular complexity index is 576. The van der Waals surface area contributed by atoms with E-state index >= 15 is 0 Å². The van der Waals surface area contributed by atoms with Gasteiger partial charge in [-0.1, -0.05) is 36.8 Å². The highest BCUT2D eigenvalue weighted by Crippen LogP contribution is 2.39. The lowest BCUT2D eigenvalue weighted by atomic mass is 9.92. The van der Waals surface area contributed by atoms with Crippen LogP contribution in [0.25, 0.3) is 10.2 Å². The molecule has 1 heterocycles. The molecule has 1 aromatic carbocycles. The lowest BCUT2D eigenvalue weighted by Crippen LogP contribution is -2.17. The second-order valence-corrected chi connectivity index (χ2v) is 7.35. The molecule has 3 rings (SSSR count). The Hall–Kier alpha value is -0.800. The van der Waals surface area contributed by atoms with Crippen molar-refractivity contribution in [3.8, 4) is 0 Å². The molecule has 0 saturated heterocycles. The molecule has 1 unspecified atom stereocenters. The molecule has 0 amide bonds. The van der Waals surface area contributed by atoms with Crippen LogP contribution in [0.1, 0.15) is 33.1 Å². The van der Waals surface area contributed by atoms with Crippen LogP contribution in [-0.4, -0.2) is 11.0 Å². The van der Waals surface area contributed by atoms with Crippen LogP contribution >= 0.6 is 22.9 Å². The summed E-state index contributed by atoms with van der Waals surface area (Å²) in [7, 11) is 0. The predicted octanol–water partition coefficient (Wildman–Crippen LogP) is 4.94. The van der Waals surface area contributed by atoms with Crippen molar-refractivity contribution in [2.75, 3.05) is 5.32 Å². The Labute approximate surface area is 116 Å². The summed E-state index contributed by atoms with van der Waals surface area (Å²) in [6.07, 6.45) is 3.76. The monoisotopic (exact) mass is 280 g/mol. The fraction of sp³-hybridized carbons (Fsp3) is 0.500. The van der Waals surface area contributed by atoms with Crippen LogP contribution in [0, 0.1) is 5.41 Å². The summed E-state index contributed by atoms with van der Waals surface area (Å²) in [5, 5.41) is 5.34. The number of benzene rings is 1. The normalized spacial score (nSPS) is 22.5. The Morgan fingerprint density at radius 1 is 1.44 bits per heavy atom. The second-order valence-electron chi connectivity index (χ2n) is 5.88. The van der Waals surface area contributed by atoms with Crippen molar-refractivity contribution < 1.29 is 0 Å². The van der Waals surface area contributed by atoms with E-state index in [1.54, 1.807) is 11.3 Å². The summed E-state index contributed by atoms with van der Waals surface area (Å²) in [4.78, 5) is 4.61. The summed E-state index contributed by atoms with van der Waals surface area (Å²) < 4.78 is 1.19. The van der Waals surface area contributed by atoms with Gasteiger partial charge >= 0.3 is 0 Å². The maximum absolute atomic E-state index is 5.98. The lowest BCUT2D eigenvalue weighted by Gasteiger charge is -2.17. The summed E-state index contributed by atoms with van der Waals surface area (Å²) in [6, 6.07) is 6.46. The van der Waals surface area contributed by atoms with Crippen molar-refractivity contribution in [3.05, 3.63) is 23.2 Å². The van der Waals surface area contributed by atoms with Crippen molar-refractivity contribution in [2.45, 2.75) is 39.2 Å². The zero-order valence-corrected chi connectivity index (χ0v) is 12.2. The molecule has 1 fully saturated rings. The van der Waals surface area contributed by atoms with E-state index in [1.807, 2.05) is 18.2 Å². The molecule has 0 aliphatic heterocycles. The minimum atomic E-state index is 0.470. The zero-order chi connectivity index (χ0) is 12.8. The number of anilines is 1. The number of hydrogen-bond donors (Lipinski definition) is 1. The quantitative estimate of drug-likeness (QED) is 0.843. The van der Waals surface area contributed by atoms with Crippen molar-refractivity contribution in [1.29, 1.82) is 0 Å². The van der Waals surface area contributed by atoms with Crippen molar-refractivity contribution in [3.63, 3.8) is 0 Å². The first-order valence-electron chi connectivity index (χ1n) is 6.34. The molecule has 2 nitrogen and oxygen atoms in total. The number of aromatic nitrogens is 1. The highest BCUT2D eigenvalue weighted by molar-refractivity contribution is 7.22. The maximum Gasteiger partial charge on any atom is 0.184 e. The molecule has 1 aliphatic carbocycles. The summed E-state index contributed by atoms with van der Waals surface area (Å²) in [5.74, 6) is 0. The van der Waals surface area contributed by atoms with E-state index in [4.69, 9.17) is 11.6 Å². The molecule has 0 radical (unpaired) electrons. The van der Waals surface area contributed by atoms with Crippen LogP contribution in [0.4, 0.5) is 5.13 Å². The van der Waals surface area contributed by atoms with E-state index in [9.17, 15) is 0 Å². The van der Waals surface area contributed by atoms with Gasteiger partial charge in [-0.15, -0.1) is 0 Å². The van der Waals surface area contributed by atoms with Crippen molar-refractivity contribution in [1.82, 2.24) is 4.98 Å². The summed E-state index contributed by atoms with van der Waals surface area (Å²) in [5.41, 5.74) is 1.46. The van der Waals surface area contributed by atoms with Crippen LogP contribution in [0.15, 0.2) is 18.2 Å². The van der Waals surface area contributed by atoms with Crippen LogP contribution in [0.3, 0.4) is 0 Å². The van der Waals surface area contributed by atoms with Gasteiger partial charge in [-0.2, -0.15) is 0 Å². The van der Waals surface area contributed by atoms with Crippen molar-refractivity contribution in [2.24, 2.45) is 5.41 Å². The average molecular weight is 281 g/mol. The first kappa shape index (κ1) is 12.2. The second kappa shape index (κ2) is 4.39. The highest BCUT2D eigenvalue weighted by Gasteiger charge is 2.31. The molecule has 1 N–H and O–H groups in total.